The van der Waals surface area contributed by atoms with Crippen LogP contribution in [0, 0.1) is 6.92 Å². The Hall–Kier alpha value is -2.77. The van der Waals surface area contributed by atoms with Gasteiger partial charge in [-0.25, -0.2) is 15.0 Å². The number of hydrogen-bond donors (Lipinski definition) is 0. The van der Waals surface area contributed by atoms with Gasteiger partial charge in [-0.05, 0) is 18.9 Å². The van der Waals surface area contributed by atoms with E-state index in [1.807, 2.05) is 19.3 Å². The minimum atomic E-state index is 0.137. The maximum Gasteiger partial charge on any atom is 0.316 e. The Bertz CT molecular complexity index is 853. The number of aryl methyl sites for hydroxylation is 2. The molecule has 1 aliphatic heterocycles. The highest BCUT2D eigenvalue weighted by molar-refractivity contribution is 5.47. The minimum absolute atomic E-state index is 0.137. The third kappa shape index (κ3) is 3.24. The molecule has 1 aliphatic rings. The van der Waals surface area contributed by atoms with Crippen LogP contribution >= 0.6 is 0 Å². The highest BCUT2D eigenvalue weighted by Gasteiger charge is 2.23. The minimum Gasteiger partial charge on any atom is -0.460 e. The van der Waals surface area contributed by atoms with Crippen molar-refractivity contribution >= 4 is 11.6 Å². The van der Waals surface area contributed by atoms with Gasteiger partial charge in [-0.3, -0.25) is 0 Å². The van der Waals surface area contributed by atoms with Gasteiger partial charge in [-0.15, -0.1) is 0 Å². The summed E-state index contributed by atoms with van der Waals surface area (Å²) in [6, 6.07) is 2.52. The summed E-state index contributed by atoms with van der Waals surface area (Å²) in [6.07, 6.45) is 8.10. The van der Waals surface area contributed by atoms with Crippen LogP contribution in [0.5, 0.6) is 6.01 Å². The lowest BCUT2D eigenvalue weighted by atomic mass is 10.1. The SMILES string of the molecule is CCc1cnc(OC2CCN(c3cc(C)nc4ncnn34)CC2)nc1. The largest absolute Gasteiger partial charge is 0.460 e. The molecule has 0 radical (unpaired) electrons. The third-order valence-electron chi connectivity index (χ3n) is 4.49. The van der Waals surface area contributed by atoms with Crippen LogP contribution < -0.4 is 9.64 Å². The fourth-order valence-corrected chi connectivity index (χ4v) is 3.07. The normalized spacial score (nSPS) is 15.7. The van der Waals surface area contributed by atoms with Gasteiger partial charge in [-0.1, -0.05) is 6.92 Å². The van der Waals surface area contributed by atoms with Crippen molar-refractivity contribution in [2.24, 2.45) is 0 Å². The highest BCUT2D eigenvalue weighted by atomic mass is 16.5. The first-order valence-electron chi connectivity index (χ1n) is 8.63. The lowest BCUT2D eigenvalue weighted by molar-refractivity contribution is 0.156. The van der Waals surface area contributed by atoms with Gasteiger partial charge in [0, 0.05) is 50.1 Å². The first-order chi connectivity index (χ1) is 12.2. The summed E-state index contributed by atoms with van der Waals surface area (Å²) in [4.78, 5) is 19.5. The zero-order valence-corrected chi connectivity index (χ0v) is 14.5. The van der Waals surface area contributed by atoms with E-state index in [1.54, 1.807) is 10.8 Å². The topological polar surface area (TPSA) is 81.3 Å². The van der Waals surface area contributed by atoms with Crippen molar-refractivity contribution in [3.05, 3.63) is 36.0 Å². The molecule has 25 heavy (non-hydrogen) atoms. The van der Waals surface area contributed by atoms with Gasteiger partial charge in [0.1, 0.15) is 18.2 Å². The van der Waals surface area contributed by atoms with E-state index in [0.29, 0.717) is 11.8 Å². The number of aromatic nitrogens is 6. The average molecular weight is 339 g/mol. The maximum atomic E-state index is 5.94. The van der Waals surface area contributed by atoms with Crippen LogP contribution in [0.3, 0.4) is 0 Å². The van der Waals surface area contributed by atoms with Crippen molar-refractivity contribution in [3.63, 3.8) is 0 Å². The molecule has 0 saturated carbocycles. The van der Waals surface area contributed by atoms with E-state index in [4.69, 9.17) is 4.74 Å². The molecule has 0 bridgehead atoms. The molecular weight excluding hydrogens is 318 g/mol. The molecule has 4 rings (SSSR count). The summed E-state index contributed by atoms with van der Waals surface area (Å²) in [6.45, 7) is 5.83. The summed E-state index contributed by atoms with van der Waals surface area (Å²) in [5.74, 6) is 1.67. The summed E-state index contributed by atoms with van der Waals surface area (Å²) >= 11 is 0. The molecular formula is C17H21N7O. The van der Waals surface area contributed by atoms with Crippen LogP contribution in [0.25, 0.3) is 5.78 Å². The smallest absolute Gasteiger partial charge is 0.316 e. The second kappa shape index (κ2) is 6.62. The Kier molecular flexibility index (Phi) is 4.17. The molecule has 4 heterocycles. The van der Waals surface area contributed by atoms with Gasteiger partial charge in [0.2, 0.25) is 0 Å². The number of ether oxygens (including phenoxy) is 1. The summed E-state index contributed by atoms with van der Waals surface area (Å²) < 4.78 is 7.73. The van der Waals surface area contributed by atoms with Gasteiger partial charge in [-0.2, -0.15) is 14.6 Å². The lowest BCUT2D eigenvalue weighted by Crippen LogP contribution is -2.39. The molecule has 8 heteroatoms. The monoisotopic (exact) mass is 339 g/mol. The summed E-state index contributed by atoms with van der Waals surface area (Å²) in [5, 5.41) is 4.29. The van der Waals surface area contributed by atoms with E-state index >= 15 is 0 Å². The van der Waals surface area contributed by atoms with E-state index in [0.717, 1.165) is 49.4 Å². The van der Waals surface area contributed by atoms with Crippen LogP contribution in [0.2, 0.25) is 0 Å². The second-order valence-electron chi connectivity index (χ2n) is 6.26. The van der Waals surface area contributed by atoms with E-state index in [9.17, 15) is 0 Å². The van der Waals surface area contributed by atoms with Gasteiger partial charge < -0.3 is 9.64 Å². The Labute approximate surface area is 145 Å². The van der Waals surface area contributed by atoms with Gasteiger partial charge in [0.25, 0.3) is 5.78 Å². The molecule has 8 nitrogen and oxygen atoms in total. The number of rotatable bonds is 4. The molecule has 3 aromatic heterocycles. The van der Waals surface area contributed by atoms with Crippen LogP contribution in [-0.4, -0.2) is 48.7 Å². The fourth-order valence-electron chi connectivity index (χ4n) is 3.07. The maximum absolute atomic E-state index is 5.94. The quantitative estimate of drug-likeness (QED) is 0.717. The molecule has 1 fully saturated rings. The Morgan fingerprint density at radius 3 is 2.64 bits per heavy atom. The van der Waals surface area contributed by atoms with E-state index in [1.165, 1.54) is 0 Å². The molecule has 0 unspecified atom stereocenters. The summed E-state index contributed by atoms with van der Waals surface area (Å²) in [7, 11) is 0. The average Bonchev–Trinajstić information content (AvgIpc) is 3.11. The number of hydrogen-bond acceptors (Lipinski definition) is 7. The van der Waals surface area contributed by atoms with E-state index in [-0.39, 0.29) is 6.10 Å². The Morgan fingerprint density at radius 1 is 1.16 bits per heavy atom. The molecule has 1 saturated heterocycles. The molecule has 3 aromatic rings. The fraction of sp³-hybridized carbons (Fsp3) is 0.471. The zero-order valence-electron chi connectivity index (χ0n) is 14.5. The van der Waals surface area contributed by atoms with Crippen molar-refractivity contribution in [3.8, 4) is 6.01 Å². The lowest BCUT2D eigenvalue weighted by Gasteiger charge is -2.33. The number of nitrogens with zero attached hydrogens (tertiary/aromatic N) is 7. The first-order valence-corrected chi connectivity index (χ1v) is 8.63. The second-order valence-corrected chi connectivity index (χ2v) is 6.26. The van der Waals surface area contributed by atoms with Crippen LogP contribution in [0.4, 0.5) is 5.82 Å². The van der Waals surface area contributed by atoms with Crippen LogP contribution in [-0.2, 0) is 6.42 Å². The molecule has 0 amide bonds. The summed E-state index contributed by atoms with van der Waals surface area (Å²) in [5.41, 5.74) is 2.06. The van der Waals surface area contributed by atoms with Crippen molar-refractivity contribution in [1.29, 1.82) is 0 Å². The molecule has 0 spiro atoms. The van der Waals surface area contributed by atoms with Crippen molar-refractivity contribution in [1.82, 2.24) is 29.5 Å². The molecule has 0 aliphatic carbocycles. The van der Waals surface area contributed by atoms with Crippen LogP contribution in [0.1, 0.15) is 31.0 Å². The predicted octanol–water partition coefficient (Wildman–Crippen LogP) is 1.83. The molecule has 0 aromatic carbocycles. The van der Waals surface area contributed by atoms with E-state index < -0.39 is 0 Å². The molecule has 0 N–H and O–H groups in total. The number of anilines is 1. The Balaban J connectivity index is 1.43. The predicted molar refractivity (Wildman–Crippen MR) is 92.8 cm³/mol. The van der Waals surface area contributed by atoms with Gasteiger partial charge >= 0.3 is 6.01 Å². The standard InChI is InChI=1S/C17H21N7O/c1-3-13-9-18-17(19-10-13)25-14-4-6-23(7-5-14)15-8-12(2)22-16-20-11-21-24(15)16/h8-11,14H,3-7H2,1-2H3. The third-order valence-corrected chi connectivity index (χ3v) is 4.49. The zero-order chi connectivity index (χ0) is 17.2. The Morgan fingerprint density at radius 2 is 1.92 bits per heavy atom. The number of piperidine rings is 1. The van der Waals surface area contributed by atoms with Crippen molar-refractivity contribution < 1.29 is 4.74 Å². The van der Waals surface area contributed by atoms with Crippen LogP contribution in [0.15, 0.2) is 24.8 Å². The molecule has 130 valence electrons. The highest BCUT2D eigenvalue weighted by Crippen LogP contribution is 2.22. The van der Waals surface area contributed by atoms with Gasteiger partial charge in [0.15, 0.2) is 0 Å². The van der Waals surface area contributed by atoms with Crippen molar-refractivity contribution in [2.75, 3.05) is 18.0 Å². The van der Waals surface area contributed by atoms with E-state index in [2.05, 4.69) is 42.9 Å². The number of fused-ring (bicyclic) bond motifs is 1. The van der Waals surface area contributed by atoms with Crippen molar-refractivity contribution in [2.45, 2.75) is 39.2 Å². The van der Waals surface area contributed by atoms with Gasteiger partial charge in [0.05, 0.1) is 0 Å². The first kappa shape index (κ1) is 15.7. The molecule has 0 atom stereocenters.